The fraction of sp³-hybridized carbons (Fsp3) is 0.500. The normalized spacial score (nSPS) is 21.2. The highest BCUT2D eigenvalue weighted by Crippen LogP contribution is 2.31. The fourth-order valence-electron chi connectivity index (χ4n) is 3.79. The van der Waals surface area contributed by atoms with Gasteiger partial charge in [0, 0.05) is 37.6 Å². The van der Waals surface area contributed by atoms with E-state index in [1.165, 1.54) is 12.8 Å². The predicted octanol–water partition coefficient (Wildman–Crippen LogP) is 2.77. The molecule has 0 saturated carbocycles. The number of aromatic nitrogens is 3. The topological polar surface area (TPSA) is 65.1 Å². The van der Waals surface area contributed by atoms with Crippen LogP contribution < -0.4 is 4.90 Å². The van der Waals surface area contributed by atoms with Crippen molar-refractivity contribution in [2.45, 2.75) is 38.1 Å². The van der Waals surface area contributed by atoms with Gasteiger partial charge in [-0.15, -0.1) is 0 Å². The van der Waals surface area contributed by atoms with Crippen LogP contribution in [0.25, 0.3) is 0 Å². The molecule has 1 unspecified atom stereocenters. The molecule has 126 valence electrons. The number of carbonyl (C=O) groups is 1. The lowest BCUT2D eigenvalue weighted by Crippen LogP contribution is -2.38. The molecule has 2 aromatic heterocycles. The Bertz CT molecular complexity index is 693. The number of pyridine rings is 1. The van der Waals surface area contributed by atoms with E-state index in [0.29, 0.717) is 0 Å². The zero-order chi connectivity index (χ0) is 16.4. The van der Waals surface area contributed by atoms with Crippen LogP contribution in [0.15, 0.2) is 30.6 Å². The van der Waals surface area contributed by atoms with Crippen molar-refractivity contribution < 1.29 is 4.79 Å². The Kier molecular flexibility index (Phi) is 4.19. The van der Waals surface area contributed by atoms with Crippen LogP contribution in [0.2, 0.25) is 0 Å². The van der Waals surface area contributed by atoms with Crippen LogP contribution in [0.4, 0.5) is 5.82 Å². The summed E-state index contributed by atoms with van der Waals surface area (Å²) in [7, 11) is 0. The van der Waals surface area contributed by atoms with E-state index in [1.54, 1.807) is 12.4 Å². The first kappa shape index (κ1) is 15.2. The number of aromatic amines is 1. The molecular formula is C18H23N5O. The summed E-state index contributed by atoms with van der Waals surface area (Å²) in [4.78, 5) is 21.8. The number of carbonyl (C=O) groups excluding carboxylic acids is 1. The van der Waals surface area contributed by atoms with Crippen molar-refractivity contribution >= 4 is 11.7 Å². The van der Waals surface area contributed by atoms with Gasteiger partial charge in [-0.05, 0) is 50.3 Å². The highest BCUT2D eigenvalue weighted by atomic mass is 16.2. The minimum absolute atomic E-state index is 0.0946. The van der Waals surface area contributed by atoms with E-state index in [-0.39, 0.29) is 11.9 Å². The molecule has 0 radical (unpaired) electrons. The summed E-state index contributed by atoms with van der Waals surface area (Å²) in [6, 6.07) is 5.85. The molecule has 1 atom stereocenters. The van der Waals surface area contributed by atoms with Gasteiger partial charge in [-0.2, -0.15) is 5.10 Å². The lowest BCUT2D eigenvalue weighted by Gasteiger charge is -2.35. The Hall–Kier alpha value is -2.37. The number of rotatable bonds is 3. The van der Waals surface area contributed by atoms with E-state index in [0.717, 1.165) is 56.0 Å². The second kappa shape index (κ2) is 6.63. The molecule has 2 fully saturated rings. The highest BCUT2D eigenvalue weighted by molar-refractivity contribution is 5.95. The largest absolute Gasteiger partial charge is 0.357 e. The van der Waals surface area contributed by atoms with Gasteiger partial charge >= 0.3 is 0 Å². The van der Waals surface area contributed by atoms with Gasteiger partial charge in [0.25, 0.3) is 5.91 Å². The van der Waals surface area contributed by atoms with Crippen molar-refractivity contribution in [3.63, 3.8) is 0 Å². The molecule has 1 N–H and O–H groups in total. The molecule has 4 heterocycles. The van der Waals surface area contributed by atoms with Crippen molar-refractivity contribution in [2.24, 2.45) is 0 Å². The van der Waals surface area contributed by atoms with Gasteiger partial charge in [0.1, 0.15) is 5.82 Å². The van der Waals surface area contributed by atoms with Crippen LogP contribution in [-0.2, 0) is 0 Å². The lowest BCUT2D eigenvalue weighted by molar-refractivity contribution is 0.0606. The molecule has 2 aliphatic heterocycles. The van der Waals surface area contributed by atoms with E-state index in [9.17, 15) is 4.79 Å². The Balaban J connectivity index is 1.58. The van der Waals surface area contributed by atoms with Gasteiger partial charge in [-0.3, -0.25) is 9.89 Å². The number of nitrogens with zero attached hydrogens (tertiary/aromatic N) is 4. The van der Waals surface area contributed by atoms with Crippen LogP contribution in [0, 0.1) is 0 Å². The van der Waals surface area contributed by atoms with Crippen LogP contribution in [-0.4, -0.2) is 45.6 Å². The zero-order valence-corrected chi connectivity index (χ0v) is 13.8. The SMILES string of the molecule is O=C(c1ccnc(N2CCCC2)c1)N1CCCCC1c1ccn[nH]1. The van der Waals surface area contributed by atoms with Crippen LogP contribution >= 0.6 is 0 Å². The van der Waals surface area contributed by atoms with Gasteiger partial charge in [0.2, 0.25) is 0 Å². The molecule has 24 heavy (non-hydrogen) atoms. The van der Waals surface area contributed by atoms with Crippen molar-refractivity contribution in [1.82, 2.24) is 20.1 Å². The molecular weight excluding hydrogens is 302 g/mol. The molecule has 0 spiro atoms. The number of nitrogens with one attached hydrogen (secondary N) is 1. The summed E-state index contributed by atoms with van der Waals surface area (Å²) < 4.78 is 0. The Morgan fingerprint density at radius 1 is 1.08 bits per heavy atom. The molecule has 0 aliphatic carbocycles. The van der Waals surface area contributed by atoms with Crippen LogP contribution in [0.3, 0.4) is 0 Å². The summed E-state index contributed by atoms with van der Waals surface area (Å²) >= 11 is 0. The standard InChI is InChI=1S/C18H23N5O/c24-18(14-6-8-19-17(13-14)22-10-3-4-11-22)23-12-2-1-5-16(23)15-7-9-20-21-15/h6-9,13,16H,1-5,10-12H2,(H,20,21). The third kappa shape index (κ3) is 2.88. The molecule has 1 amide bonds. The van der Waals surface area contributed by atoms with E-state index >= 15 is 0 Å². The smallest absolute Gasteiger partial charge is 0.254 e. The lowest BCUT2D eigenvalue weighted by atomic mass is 9.98. The van der Waals surface area contributed by atoms with Crippen molar-refractivity contribution in [3.8, 4) is 0 Å². The van der Waals surface area contributed by atoms with Crippen LogP contribution in [0.5, 0.6) is 0 Å². The minimum Gasteiger partial charge on any atom is -0.357 e. The average molecular weight is 325 g/mol. The van der Waals surface area contributed by atoms with Crippen molar-refractivity contribution in [3.05, 3.63) is 41.9 Å². The summed E-state index contributed by atoms with van der Waals surface area (Å²) in [5.74, 6) is 1.02. The zero-order valence-electron chi connectivity index (χ0n) is 13.8. The van der Waals surface area contributed by atoms with E-state index in [4.69, 9.17) is 0 Å². The molecule has 2 aliphatic rings. The Morgan fingerprint density at radius 2 is 1.92 bits per heavy atom. The number of hydrogen-bond acceptors (Lipinski definition) is 4. The quantitative estimate of drug-likeness (QED) is 0.942. The number of anilines is 1. The number of likely N-dealkylation sites (tertiary alicyclic amines) is 1. The van der Waals surface area contributed by atoms with Gasteiger partial charge < -0.3 is 9.80 Å². The second-order valence-corrected chi connectivity index (χ2v) is 6.62. The van der Waals surface area contributed by atoms with E-state index < -0.39 is 0 Å². The number of hydrogen-bond donors (Lipinski definition) is 1. The molecule has 4 rings (SSSR count). The summed E-state index contributed by atoms with van der Waals surface area (Å²) in [6.45, 7) is 2.86. The first-order valence-corrected chi connectivity index (χ1v) is 8.84. The fourth-order valence-corrected chi connectivity index (χ4v) is 3.79. The van der Waals surface area contributed by atoms with E-state index in [2.05, 4.69) is 20.1 Å². The second-order valence-electron chi connectivity index (χ2n) is 6.62. The van der Waals surface area contributed by atoms with Gasteiger partial charge in [0.15, 0.2) is 0 Å². The maximum atomic E-state index is 13.1. The first-order valence-electron chi connectivity index (χ1n) is 8.84. The molecule has 6 nitrogen and oxygen atoms in total. The third-order valence-electron chi connectivity index (χ3n) is 5.07. The average Bonchev–Trinajstić information content (AvgIpc) is 3.35. The van der Waals surface area contributed by atoms with E-state index in [1.807, 2.05) is 23.1 Å². The molecule has 0 aromatic carbocycles. The monoisotopic (exact) mass is 325 g/mol. The van der Waals surface area contributed by atoms with Crippen molar-refractivity contribution in [1.29, 1.82) is 0 Å². The Morgan fingerprint density at radius 3 is 2.71 bits per heavy atom. The third-order valence-corrected chi connectivity index (χ3v) is 5.07. The first-order chi connectivity index (χ1) is 11.8. The van der Waals surface area contributed by atoms with Gasteiger partial charge in [-0.1, -0.05) is 0 Å². The molecule has 0 bridgehead atoms. The predicted molar refractivity (Wildman–Crippen MR) is 91.9 cm³/mol. The summed E-state index contributed by atoms with van der Waals surface area (Å²) in [5, 5.41) is 7.09. The highest BCUT2D eigenvalue weighted by Gasteiger charge is 2.30. The molecule has 2 saturated heterocycles. The number of piperidine rings is 1. The van der Waals surface area contributed by atoms with Gasteiger partial charge in [-0.25, -0.2) is 4.98 Å². The minimum atomic E-state index is 0.0946. The molecule has 6 heteroatoms. The number of amides is 1. The number of H-pyrrole nitrogens is 1. The van der Waals surface area contributed by atoms with Crippen molar-refractivity contribution in [2.75, 3.05) is 24.5 Å². The summed E-state index contributed by atoms with van der Waals surface area (Å²) in [5.41, 5.74) is 1.76. The molecule has 2 aromatic rings. The maximum absolute atomic E-state index is 13.1. The Labute approximate surface area is 141 Å². The van der Waals surface area contributed by atoms with Gasteiger partial charge in [0.05, 0.1) is 11.7 Å². The summed E-state index contributed by atoms with van der Waals surface area (Å²) in [6.07, 6.45) is 9.10. The maximum Gasteiger partial charge on any atom is 0.254 e. The van der Waals surface area contributed by atoms with Crippen LogP contribution in [0.1, 0.15) is 54.2 Å².